The third-order valence-electron chi connectivity index (χ3n) is 0. The van der Waals surface area contributed by atoms with Crippen LogP contribution in [0.2, 0.25) is 0 Å². The molecule has 28 valence electrons. The minimum absolute atomic E-state index is 1.08. The van der Waals surface area contributed by atoms with Gasteiger partial charge in [0.05, 0.1) is 0 Å². The normalized spacial score (nSPS) is 11.8. The molecule has 0 spiro atoms. The molecule has 3 heteroatoms. The minimum Gasteiger partial charge on any atom is -0.375 e. The second kappa shape index (κ2) is 0.991. The summed E-state index contributed by atoms with van der Waals surface area (Å²) in [6.07, 6.45) is 0. The Morgan fingerprint density at radius 3 is 1.60 bits per heavy atom. The van der Waals surface area contributed by atoms with E-state index in [9.17, 15) is 0 Å². The minimum atomic E-state index is -2.00. The Morgan fingerprint density at radius 2 is 1.60 bits per heavy atom. The standard InChI is InChI=1S/C2H5BO2/c1-2(3,4)5/h4-5H,1H3. The van der Waals surface area contributed by atoms with Gasteiger partial charge in [0.1, 0.15) is 5.69 Å². The van der Waals surface area contributed by atoms with Crippen molar-refractivity contribution in [1.29, 1.82) is 0 Å². The number of hydrogen-bond acceptors (Lipinski definition) is 2. The molecule has 0 saturated carbocycles. The van der Waals surface area contributed by atoms with Crippen molar-refractivity contribution in [2.24, 2.45) is 0 Å². The van der Waals surface area contributed by atoms with Gasteiger partial charge in [-0.3, -0.25) is 0 Å². The van der Waals surface area contributed by atoms with Crippen LogP contribution in [0, 0.1) is 0 Å². The van der Waals surface area contributed by atoms with Crippen LogP contribution in [-0.4, -0.2) is 23.7 Å². The molecule has 0 aromatic carbocycles. The lowest BCUT2D eigenvalue weighted by Gasteiger charge is -2.04. The maximum Gasteiger partial charge on any atom is 0.153 e. The van der Waals surface area contributed by atoms with Gasteiger partial charge in [0.2, 0.25) is 0 Å². The van der Waals surface area contributed by atoms with E-state index in [0.717, 1.165) is 6.92 Å². The van der Waals surface area contributed by atoms with E-state index in [1.54, 1.807) is 0 Å². The quantitative estimate of drug-likeness (QED) is 0.279. The molecule has 0 saturated heterocycles. The molecule has 0 rings (SSSR count). The zero-order valence-corrected chi connectivity index (χ0v) is 2.97. The van der Waals surface area contributed by atoms with Crippen LogP contribution in [0.5, 0.6) is 0 Å². The van der Waals surface area contributed by atoms with Gasteiger partial charge >= 0.3 is 0 Å². The molecule has 0 aromatic rings. The number of aliphatic hydroxyl groups is 2. The molecule has 0 bridgehead atoms. The summed E-state index contributed by atoms with van der Waals surface area (Å²) in [5.41, 5.74) is -2.00. The SMILES string of the molecule is [B]C(C)(O)O. The van der Waals surface area contributed by atoms with E-state index < -0.39 is 5.69 Å². The van der Waals surface area contributed by atoms with Gasteiger partial charge in [0.25, 0.3) is 0 Å². The molecule has 0 unspecified atom stereocenters. The lowest BCUT2D eigenvalue weighted by atomic mass is 9.98. The number of rotatable bonds is 0. The van der Waals surface area contributed by atoms with E-state index in [0.29, 0.717) is 0 Å². The van der Waals surface area contributed by atoms with Crippen LogP contribution in [0.1, 0.15) is 6.92 Å². The van der Waals surface area contributed by atoms with Crippen LogP contribution in [0.4, 0.5) is 0 Å². The van der Waals surface area contributed by atoms with Crippen molar-refractivity contribution in [2.45, 2.75) is 12.6 Å². The fourth-order valence-corrected chi connectivity index (χ4v) is 0. The van der Waals surface area contributed by atoms with Gasteiger partial charge in [-0.05, 0) is 6.92 Å². The van der Waals surface area contributed by atoms with Crippen LogP contribution < -0.4 is 0 Å². The van der Waals surface area contributed by atoms with E-state index in [2.05, 4.69) is 7.85 Å². The fourth-order valence-electron chi connectivity index (χ4n) is 0. The lowest BCUT2D eigenvalue weighted by Crippen LogP contribution is -2.21. The Hall–Kier alpha value is -0.0151. The molecule has 5 heavy (non-hydrogen) atoms. The molecule has 0 aliphatic heterocycles. The summed E-state index contributed by atoms with van der Waals surface area (Å²) in [5, 5.41) is 15.7. The summed E-state index contributed by atoms with van der Waals surface area (Å²) in [6, 6.07) is 0. The Balaban J connectivity index is 3.02. The molecule has 0 atom stereocenters. The van der Waals surface area contributed by atoms with Crippen molar-refractivity contribution in [2.75, 3.05) is 0 Å². The van der Waals surface area contributed by atoms with Crippen LogP contribution in [0.15, 0.2) is 0 Å². The van der Waals surface area contributed by atoms with Gasteiger partial charge in [0, 0.05) is 0 Å². The van der Waals surface area contributed by atoms with E-state index >= 15 is 0 Å². The van der Waals surface area contributed by atoms with Gasteiger partial charge in [-0.1, -0.05) is 0 Å². The summed E-state index contributed by atoms with van der Waals surface area (Å²) in [4.78, 5) is 0. The molecule has 0 aliphatic rings. The molecule has 2 N–H and O–H groups in total. The predicted octanol–water partition coefficient (Wildman–Crippen LogP) is -1.19. The highest BCUT2D eigenvalue weighted by Crippen LogP contribution is 1.81. The van der Waals surface area contributed by atoms with Crippen molar-refractivity contribution in [3.05, 3.63) is 0 Å². The topological polar surface area (TPSA) is 40.5 Å². The molecule has 0 fully saturated rings. The van der Waals surface area contributed by atoms with Crippen LogP contribution in [0.25, 0.3) is 0 Å². The molecular weight excluding hydrogens is 66.8 g/mol. The van der Waals surface area contributed by atoms with Crippen LogP contribution in [-0.2, 0) is 0 Å². The van der Waals surface area contributed by atoms with Crippen LogP contribution in [0.3, 0.4) is 0 Å². The average molecular weight is 71.9 g/mol. The second-order valence-corrected chi connectivity index (χ2v) is 1.09. The van der Waals surface area contributed by atoms with Gasteiger partial charge < -0.3 is 10.2 Å². The summed E-state index contributed by atoms with van der Waals surface area (Å²) in [5.74, 6) is 0. The van der Waals surface area contributed by atoms with E-state index in [1.165, 1.54) is 0 Å². The maximum atomic E-state index is 7.85. The Kier molecular flexibility index (Phi) is 0.988. The monoisotopic (exact) mass is 72.0 g/mol. The summed E-state index contributed by atoms with van der Waals surface area (Å²) >= 11 is 0. The van der Waals surface area contributed by atoms with Gasteiger partial charge in [-0.2, -0.15) is 0 Å². The van der Waals surface area contributed by atoms with Crippen molar-refractivity contribution < 1.29 is 10.2 Å². The Morgan fingerprint density at radius 1 is 1.60 bits per heavy atom. The smallest absolute Gasteiger partial charge is 0.153 e. The third kappa shape index (κ3) is 69200. The van der Waals surface area contributed by atoms with E-state index in [4.69, 9.17) is 10.2 Å². The molecule has 0 aliphatic carbocycles. The van der Waals surface area contributed by atoms with Crippen molar-refractivity contribution in [3.63, 3.8) is 0 Å². The highest BCUT2D eigenvalue weighted by Gasteiger charge is 2.00. The largest absolute Gasteiger partial charge is 0.375 e. The van der Waals surface area contributed by atoms with Crippen molar-refractivity contribution in [1.82, 2.24) is 0 Å². The molecule has 0 heterocycles. The zero-order chi connectivity index (χ0) is 4.50. The molecule has 0 amide bonds. The van der Waals surface area contributed by atoms with Crippen molar-refractivity contribution >= 4 is 7.85 Å². The first-order valence-corrected chi connectivity index (χ1v) is 1.24. The van der Waals surface area contributed by atoms with Gasteiger partial charge in [-0.25, -0.2) is 0 Å². The lowest BCUT2D eigenvalue weighted by molar-refractivity contribution is -0.0678. The first-order valence-electron chi connectivity index (χ1n) is 1.24. The molecule has 2 nitrogen and oxygen atoms in total. The highest BCUT2D eigenvalue weighted by atomic mass is 16.5. The van der Waals surface area contributed by atoms with E-state index in [1.807, 2.05) is 0 Å². The fraction of sp³-hybridized carbons (Fsp3) is 1.00. The third-order valence-corrected chi connectivity index (χ3v) is 0. The maximum absolute atomic E-state index is 7.85. The molecular formula is C2H5BO2. The van der Waals surface area contributed by atoms with Gasteiger partial charge in [0.15, 0.2) is 7.85 Å². The average Bonchev–Trinajstić information content (AvgIpc) is 0.722. The number of hydrogen-bond donors (Lipinski definition) is 2. The van der Waals surface area contributed by atoms with Crippen LogP contribution >= 0.6 is 0 Å². The predicted molar refractivity (Wildman–Crippen MR) is 18.6 cm³/mol. The summed E-state index contributed by atoms with van der Waals surface area (Å²) in [7, 11) is 4.47. The summed E-state index contributed by atoms with van der Waals surface area (Å²) < 4.78 is 0. The zero-order valence-electron chi connectivity index (χ0n) is 2.97. The van der Waals surface area contributed by atoms with Crippen molar-refractivity contribution in [3.8, 4) is 0 Å². The highest BCUT2D eigenvalue weighted by molar-refractivity contribution is 6.12. The Labute approximate surface area is 31.8 Å². The van der Waals surface area contributed by atoms with E-state index in [-0.39, 0.29) is 0 Å². The van der Waals surface area contributed by atoms with Gasteiger partial charge in [-0.15, -0.1) is 0 Å². The molecule has 2 radical (unpaired) electrons. The molecule has 0 aromatic heterocycles. The first-order chi connectivity index (χ1) is 2.00. The second-order valence-electron chi connectivity index (χ2n) is 1.09. The summed E-state index contributed by atoms with van der Waals surface area (Å²) in [6.45, 7) is 1.08. The Bertz CT molecular complexity index is 23.1. The first kappa shape index (κ1) is 4.98.